The fourth-order valence-electron chi connectivity index (χ4n) is 4.71. The molecular formula is C25H28F4N4O3. The number of dihydropyridines is 1. The number of amides is 2. The van der Waals surface area contributed by atoms with Gasteiger partial charge in [-0.1, -0.05) is 6.08 Å². The fraction of sp³-hybridized carbons (Fsp3) is 0.480. The minimum absolute atomic E-state index is 0.120. The lowest BCUT2D eigenvalue weighted by molar-refractivity contribution is -0.124. The molecule has 36 heavy (non-hydrogen) atoms. The van der Waals surface area contributed by atoms with Crippen molar-refractivity contribution in [3.05, 3.63) is 41.2 Å². The summed E-state index contributed by atoms with van der Waals surface area (Å²) in [4.78, 5) is 32.1. The highest BCUT2D eigenvalue weighted by atomic mass is 19.4. The van der Waals surface area contributed by atoms with Gasteiger partial charge in [0, 0.05) is 43.0 Å². The number of anilines is 2. The number of hydrogen-bond acceptors (Lipinski definition) is 5. The van der Waals surface area contributed by atoms with Gasteiger partial charge < -0.3 is 15.0 Å². The number of nitrogens with one attached hydrogen (secondary N) is 1. The number of aliphatic imine (C=N–C) groups is 1. The Balaban J connectivity index is 1.73. The molecule has 1 aromatic carbocycles. The van der Waals surface area contributed by atoms with E-state index >= 15 is 4.39 Å². The van der Waals surface area contributed by atoms with Gasteiger partial charge in [0.1, 0.15) is 11.7 Å². The average molecular weight is 509 g/mol. The van der Waals surface area contributed by atoms with Gasteiger partial charge in [-0.15, -0.1) is 0 Å². The maximum atomic E-state index is 15.3. The van der Waals surface area contributed by atoms with Crippen molar-refractivity contribution < 1.29 is 31.9 Å². The minimum Gasteiger partial charge on any atom is -0.377 e. The lowest BCUT2D eigenvalue weighted by Crippen LogP contribution is -2.55. The third-order valence-electron chi connectivity index (χ3n) is 6.93. The van der Waals surface area contributed by atoms with E-state index in [-0.39, 0.29) is 23.3 Å². The topological polar surface area (TPSA) is 74.2 Å². The van der Waals surface area contributed by atoms with Crippen LogP contribution in [0.2, 0.25) is 0 Å². The molecule has 3 atom stereocenters. The highest BCUT2D eigenvalue weighted by Gasteiger charge is 2.43. The molecule has 1 saturated heterocycles. The molecule has 1 fully saturated rings. The largest absolute Gasteiger partial charge is 0.414 e. The zero-order chi connectivity index (χ0) is 26.2. The zero-order valence-corrected chi connectivity index (χ0v) is 20.2. The molecule has 194 valence electrons. The van der Waals surface area contributed by atoms with Crippen molar-refractivity contribution in [2.45, 2.75) is 38.5 Å². The molecule has 0 saturated carbocycles. The molecule has 0 aliphatic carbocycles. The molecule has 0 radical (unpaired) electrons. The van der Waals surface area contributed by atoms with E-state index < -0.39 is 35.3 Å². The molecule has 7 nitrogen and oxygen atoms in total. The molecule has 3 aliphatic rings. The average Bonchev–Trinajstić information content (AvgIpc) is 2.83. The first-order valence-electron chi connectivity index (χ1n) is 11.7. The molecule has 3 aliphatic heterocycles. The summed E-state index contributed by atoms with van der Waals surface area (Å²) in [7, 11) is 1.99. The predicted octanol–water partition coefficient (Wildman–Crippen LogP) is 3.81. The Morgan fingerprint density at radius 1 is 1.19 bits per heavy atom. The van der Waals surface area contributed by atoms with Gasteiger partial charge in [-0.2, -0.15) is 13.2 Å². The number of carbonyl (C=O) groups excluding carboxylic acids is 2. The number of alkyl halides is 3. The van der Waals surface area contributed by atoms with E-state index in [0.717, 1.165) is 0 Å². The summed E-state index contributed by atoms with van der Waals surface area (Å²) in [6, 6.07) is 3.03. The molecule has 0 spiro atoms. The first-order valence-corrected chi connectivity index (χ1v) is 11.7. The fourth-order valence-corrected chi connectivity index (χ4v) is 4.71. The molecule has 1 aromatic rings. The normalized spacial score (nSPS) is 25.5. The predicted molar refractivity (Wildman–Crippen MR) is 128 cm³/mol. The Morgan fingerprint density at radius 3 is 2.50 bits per heavy atom. The van der Waals surface area contributed by atoms with Gasteiger partial charge in [0.05, 0.1) is 30.2 Å². The van der Waals surface area contributed by atoms with Gasteiger partial charge in [-0.05, 0) is 45.0 Å². The monoisotopic (exact) mass is 508 g/mol. The van der Waals surface area contributed by atoms with E-state index in [4.69, 9.17) is 4.74 Å². The van der Waals surface area contributed by atoms with Crippen LogP contribution >= 0.6 is 0 Å². The second kappa shape index (κ2) is 10.1. The number of nitrogens with zero attached hydrogens (tertiary/aromatic N) is 3. The van der Waals surface area contributed by atoms with Gasteiger partial charge in [0.25, 0.3) is 5.91 Å². The smallest absolute Gasteiger partial charge is 0.377 e. The van der Waals surface area contributed by atoms with Crippen molar-refractivity contribution in [2.75, 3.05) is 43.6 Å². The molecule has 2 amide bonds. The third kappa shape index (κ3) is 5.36. The minimum atomic E-state index is -4.89. The van der Waals surface area contributed by atoms with Gasteiger partial charge >= 0.3 is 6.18 Å². The Labute approximate surface area is 206 Å². The van der Waals surface area contributed by atoms with Crippen LogP contribution in [0.1, 0.15) is 25.8 Å². The van der Waals surface area contributed by atoms with Crippen LogP contribution in [0.25, 0.3) is 5.57 Å². The van der Waals surface area contributed by atoms with Crippen molar-refractivity contribution in [1.29, 1.82) is 0 Å². The van der Waals surface area contributed by atoms with Crippen molar-refractivity contribution in [2.24, 2.45) is 10.9 Å². The summed E-state index contributed by atoms with van der Waals surface area (Å²) >= 11 is 0. The van der Waals surface area contributed by atoms with E-state index in [2.05, 4.69) is 15.2 Å². The van der Waals surface area contributed by atoms with Gasteiger partial charge in [-0.3, -0.25) is 14.5 Å². The SMILES string of the molecule is C[C@@H]1CN(c2cc(F)c(C3=CCOCC3)cc2NC(=O)C2C=NC(=O)C=C2C(F)(F)F)C[C@H](C)N1C. The Kier molecular flexibility index (Phi) is 7.33. The van der Waals surface area contributed by atoms with E-state index in [0.29, 0.717) is 56.3 Å². The maximum Gasteiger partial charge on any atom is 0.414 e. The number of ether oxygens (including phenoxy) is 1. The second-order valence-corrected chi connectivity index (χ2v) is 9.35. The first kappa shape index (κ1) is 26.0. The summed E-state index contributed by atoms with van der Waals surface area (Å²) < 4.78 is 61.4. The number of halogens is 4. The van der Waals surface area contributed by atoms with Crippen LogP contribution in [-0.4, -0.2) is 74.5 Å². The van der Waals surface area contributed by atoms with Crippen LogP contribution in [0.4, 0.5) is 28.9 Å². The molecule has 3 heterocycles. The summed E-state index contributed by atoms with van der Waals surface area (Å²) in [5.41, 5.74) is 0.233. The van der Waals surface area contributed by atoms with E-state index in [9.17, 15) is 22.8 Å². The Hall–Kier alpha value is -3.05. The highest BCUT2D eigenvalue weighted by molar-refractivity contribution is 6.11. The number of piperazine rings is 1. The molecule has 1 N–H and O–H groups in total. The quantitative estimate of drug-likeness (QED) is 0.627. The number of likely N-dealkylation sites (N-methyl/N-ethyl adjacent to an activating group) is 1. The van der Waals surface area contributed by atoms with Crippen molar-refractivity contribution in [3.8, 4) is 0 Å². The molecule has 0 aromatic heterocycles. The second-order valence-electron chi connectivity index (χ2n) is 9.35. The standard InChI is InChI=1S/C25H28F4N4O3/c1-14-12-33(13-15(2)32(14)3)22-10-20(26)17(16-4-6-36-7-5-16)8-21(22)31-24(35)18-11-30-23(34)9-19(18)25(27,28)29/h4,8-11,14-15,18H,5-7,12-13H2,1-3H3,(H,31,35)/t14-,15+,18?. The third-order valence-corrected chi connectivity index (χ3v) is 6.93. The van der Waals surface area contributed by atoms with E-state index in [1.165, 1.54) is 12.1 Å². The lowest BCUT2D eigenvalue weighted by Gasteiger charge is -2.44. The van der Waals surface area contributed by atoms with Gasteiger partial charge in [0.15, 0.2) is 0 Å². The van der Waals surface area contributed by atoms with E-state index in [1.54, 1.807) is 6.08 Å². The Bertz CT molecular complexity index is 1130. The van der Waals surface area contributed by atoms with Gasteiger partial charge in [0.2, 0.25) is 5.91 Å². The lowest BCUT2D eigenvalue weighted by atomic mass is 9.95. The number of carbonyl (C=O) groups is 2. The zero-order valence-electron chi connectivity index (χ0n) is 20.2. The van der Waals surface area contributed by atoms with Crippen LogP contribution in [0, 0.1) is 11.7 Å². The molecular weight excluding hydrogens is 480 g/mol. The molecule has 0 bridgehead atoms. The summed E-state index contributed by atoms with van der Waals surface area (Å²) in [6.45, 7) is 5.84. The number of benzene rings is 1. The summed E-state index contributed by atoms with van der Waals surface area (Å²) in [6.07, 6.45) is -1.65. The van der Waals surface area contributed by atoms with Crippen LogP contribution in [0.5, 0.6) is 0 Å². The molecule has 4 rings (SSSR count). The number of hydrogen-bond donors (Lipinski definition) is 1. The Morgan fingerprint density at radius 2 is 1.89 bits per heavy atom. The molecule has 1 unspecified atom stereocenters. The summed E-state index contributed by atoms with van der Waals surface area (Å²) in [5.74, 6) is -4.39. The molecule has 11 heteroatoms. The van der Waals surface area contributed by atoms with Crippen molar-refractivity contribution >= 4 is 35.0 Å². The van der Waals surface area contributed by atoms with Crippen molar-refractivity contribution in [3.63, 3.8) is 0 Å². The highest BCUT2D eigenvalue weighted by Crippen LogP contribution is 2.37. The van der Waals surface area contributed by atoms with Crippen LogP contribution < -0.4 is 10.2 Å². The maximum absolute atomic E-state index is 15.3. The first-order chi connectivity index (χ1) is 17.0. The van der Waals surface area contributed by atoms with E-state index in [1.807, 2.05) is 25.8 Å². The number of rotatable bonds is 4. The van der Waals surface area contributed by atoms with Crippen LogP contribution in [0.15, 0.2) is 34.9 Å². The van der Waals surface area contributed by atoms with Crippen molar-refractivity contribution in [1.82, 2.24) is 4.90 Å². The summed E-state index contributed by atoms with van der Waals surface area (Å²) in [5, 5.41) is 2.58. The van der Waals surface area contributed by atoms with Crippen LogP contribution in [-0.2, 0) is 14.3 Å². The van der Waals surface area contributed by atoms with Gasteiger partial charge in [-0.25, -0.2) is 9.38 Å². The van der Waals surface area contributed by atoms with Crippen LogP contribution in [0.3, 0.4) is 0 Å².